The topological polar surface area (TPSA) is 66.8 Å². The first-order chi connectivity index (χ1) is 11.6. The van der Waals surface area contributed by atoms with Crippen LogP contribution in [0.25, 0.3) is 0 Å². The van der Waals surface area contributed by atoms with E-state index >= 15 is 0 Å². The van der Waals surface area contributed by atoms with Crippen molar-refractivity contribution in [3.63, 3.8) is 0 Å². The van der Waals surface area contributed by atoms with Crippen LogP contribution in [0.3, 0.4) is 0 Å². The van der Waals surface area contributed by atoms with E-state index in [2.05, 4.69) is 30.6 Å². The monoisotopic (exact) mass is 324 g/mol. The molecular formula is C20H20O4. The highest BCUT2D eigenvalue weighted by atomic mass is 16.6. The molecule has 1 aliphatic rings. The van der Waals surface area contributed by atoms with Crippen molar-refractivity contribution < 1.29 is 19.7 Å². The highest BCUT2D eigenvalue weighted by Crippen LogP contribution is 2.22. The molecular weight excluding hydrogens is 304 g/mol. The maximum absolute atomic E-state index is 11.1. The lowest BCUT2D eigenvalue weighted by Crippen LogP contribution is -2.11. The molecule has 2 N–H and O–H groups in total. The summed E-state index contributed by atoms with van der Waals surface area (Å²) in [5, 5.41) is 18.8. The summed E-state index contributed by atoms with van der Waals surface area (Å²) in [7, 11) is 0. The van der Waals surface area contributed by atoms with E-state index in [1.165, 1.54) is 0 Å². The van der Waals surface area contributed by atoms with Crippen molar-refractivity contribution in [2.75, 3.05) is 0 Å². The lowest BCUT2D eigenvalue weighted by Gasteiger charge is -2.06. The summed E-state index contributed by atoms with van der Waals surface area (Å²) in [6.07, 6.45) is 2.59. The molecule has 1 aliphatic heterocycles. The Morgan fingerprint density at radius 3 is 2.62 bits per heavy atom. The second-order valence-corrected chi connectivity index (χ2v) is 5.41. The second-order valence-electron chi connectivity index (χ2n) is 5.41. The van der Waals surface area contributed by atoms with Crippen LogP contribution in [0.4, 0.5) is 0 Å². The average molecular weight is 324 g/mol. The molecule has 4 nitrogen and oxygen atoms in total. The van der Waals surface area contributed by atoms with Gasteiger partial charge >= 0.3 is 5.97 Å². The molecule has 0 bridgehead atoms. The van der Waals surface area contributed by atoms with E-state index in [-0.39, 0.29) is 0 Å². The summed E-state index contributed by atoms with van der Waals surface area (Å²) in [5.41, 5.74) is 2.01. The van der Waals surface area contributed by atoms with Gasteiger partial charge in [-0.1, -0.05) is 42.9 Å². The fourth-order valence-corrected chi connectivity index (χ4v) is 2.22. The van der Waals surface area contributed by atoms with Crippen LogP contribution in [-0.2, 0) is 16.0 Å². The van der Waals surface area contributed by atoms with Crippen molar-refractivity contribution in [3.8, 4) is 23.7 Å². The van der Waals surface area contributed by atoms with Crippen LogP contribution in [0.1, 0.15) is 43.7 Å². The summed E-state index contributed by atoms with van der Waals surface area (Å²) in [4.78, 5) is 11.1. The molecule has 1 heterocycles. The van der Waals surface area contributed by atoms with Crippen LogP contribution < -0.4 is 0 Å². The maximum atomic E-state index is 11.1. The molecule has 1 atom stereocenters. The molecule has 0 amide bonds. The Hall–Kier alpha value is -2.85. The minimum absolute atomic E-state index is 0.340. The Bertz CT molecular complexity index is 753. The Labute approximate surface area is 142 Å². The lowest BCUT2D eigenvalue weighted by atomic mass is 10.0. The fraction of sp³-hybridized carbons (Fsp3) is 0.350. The first kappa shape index (κ1) is 17.5. The zero-order valence-electron chi connectivity index (χ0n) is 13.6. The lowest BCUT2D eigenvalue weighted by molar-refractivity contribution is -0.142. The number of cyclic esters (lactones) is 1. The Kier molecular flexibility index (Phi) is 6.34. The van der Waals surface area contributed by atoms with E-state index in [0.717, 1.165) is 24.0 Å². The van der Waals surface area contributed by atoms with E-state index in [9.17, 15) is 15.0 Å². The molecule has 4 heteroatoms. The third-order valence-electron chi connectivity index (χ3n) is 3.54. The number of carbonyl (C=O) groups is 1. The van der Waals surface area contributed by atoms with Gasteiger partial charge in [0, 0.05) is 31.2 Å². The minimum Gasteiger partial charge on any atom is -0.505 e. The first-order valence-electron chi connectivity index (χ1n) is 7.99. The molecule has 0 aromatic heterocycles. The molecule has 124 valence electrons. The van der Waals surface area contributed by atoms with Gasteiger partial charge in [0.05, 0.1) is 0 Å². The third kappa shape index (κ3) is 4.57. The molecule has 1 unspecified atom stereocenters. The number of unbranched alkanes of at least 4 members (excludes halogenated alkanes) is 1. The summed E-state index contributed by atoms with van der Waals surface area (Å²) in [5.74, 6) is 10.4. The smallest absolute Gasteiger partial charge is 0.377 e. The van der Waals surface area contributed by atoms with Crippen LogP contribution in [0.15, 0.2) is 35.8 Å². The molecule has 2 rings (SSSR count). The normalized spacial score (nSPS) is 16.0. The van der Waals surface area contributed by atoms with Gasteiger partial charge in [0.25, 0.3) is 0 Å². The number of benzene rings is 1. The van der Waals surface area contributed by atoms with Gasteiger partial charge < -0.3 is 14.9 Å². The maximum Gasteiger partial charge on any atom is 0.377 e. The number of aliphatic hydroxyl groups is 2. The van der Waals surface area contributed by atoms with Crippen molar-refractivity contribution in [2.45, 2.75) is 45.1 Å². The van der Waals surface area contributed by atoms with E-state index in [1.807, 2.05) is 24.3 Å². The Balaban J connectivity index is 1.95. The second kappa shape index (κ2) is 8.70. The molecule has 0 spiro atoms. The standard InChI is InChI=1S/C20H20O4/c1-2-3-4-5-10-15-11-6-7-12-16(15)13-8-9-14-17-18(21)19(22)20(23)24-17/h6-7,11-12,17,21-22H,2-3,9-10,14H2,1H3. The number of carbonyl (C=O) groups excluding carboxylic acids is 1. The summed E-state index contributed by atoms with van der Waals surface area (Å²) in [6, 6.07) is 7.85. The molecule has 0 fully saturated rings. The molecule has 24 heavy (non-hydrogen) atoms. The van der Waals surface area contributed by atoms with E-state index < -0.39 is 23.6 Å². The molecule has 1 aromatic carbocycles. The Morgan fingerprint density at radius 1 is 1.12 bits per heavy atom. The van der Waals surface area contributed by atoms with E-state index in [1.54, 1.807) is 0 Å². The van der Waals surface area contributed by atoms with Gasteiger partial charge in [0.15, 0.2) is 11.9 Å². The third-order valence-corrected chi connectivity index (χ3v) is 3.54. The van der Waals surface area contributed by atoms with E-state index in [4.69, 9.17) is 4.74 Å². The van der Waals surface area contributed by atoms with Gasteiger partial charge in [-0.25, -0.2) is 4.79 Å². The van der Waals surface area contributed by atoms with Crippen LogP contribution in [0, 0.1) is 23.7 Å². The van der Waals surface area contributed by atoms with Crippen molar-refractivity contribution >= 4 is 5.97 Å². The predicted octanol–water partition coefficient (Wildman–Crippen LogP) is 3.42. The summed E-state index contributed by atoms with van der Waals surface area (Å²) in [6.45, 7) is 2.10. The van der Waals surface area contributed by atoms with Gasteiger partial charge in [-0.05, 0) is 18.1 Å². The van der Waals surface area contributed by atoms with Crippen LogP contribution >= 0.6 is 0 Å². The highest BCUT2D eigenvalue weighted by Gasteiger charge is 2.33. The molecule has 0 saturated heterocycles. The van der Waals surface area contributed by atoms with Gasteiger partial charge in [-0.3, -0.25) is 0 Å². The van der Waals surface area contributed by atoms with Gasteiger partial charge in [-0.15, -0.1) is 5.92 Å². The SMILES string of the molecule is CCCC#CCc1ccccc1C#CCCC1OC(=O)C(O)=C1O. The number of aliphatic hydroxyl groups excluding tert-OH is 2. The molecule has 0 saturated carbocycles. The number of esters is 1. The molecule has 1 aromatic rings. The fourth-order valence-electron chi connectivity index (χ4n) is 2.22. The molecule has 0 radical (unpaired) electrons. The van der Waals surface area contributed by atoms with Gasteiger partial charge in [0.2, 0.25) is 5.76 Å². The van der Waals surface area contributed by atoms with Crippen LogP contribution in [0.2, 0.25) is 0 Å². The zero-order valence-corrected chi connectivity index (χ0v) is 13.6. The average Bonchev–Trinajstić information content (AvgIpc) is 2.83. The van der Waals surface area contributed by atoms with Gasteiger partial charge in [0.1, 0.15) is 0 Å². The predicted molar refractivity (Wildman–Crippen MR) is 91.1 cm³/mol. The van der Waals surface area contributed by atoms with Crippen molar-refractivity contribution in [1.29, 1.82) is 0 Å². The van der Waals surface area contributed by atoms with Crippen molar-refractivity contribution in [1.82, 2.24) is 0 Å². The summed E-state index contributed by atoms with van der Waals surface area (Å²) >= 11 is 0. The van der Waals surface area contributed by atoms with Crippen LogP contribution in [0.5, 0.6) is 0 Å². The first-order valence-corrected chi connectivity index (χ1v) is 7.99. The molecule has 0 aliphatic carbocycles. The van der Waals surface area contributed by atoms with Crippen LogP contribution in [-0.4, -0.2) is 22.3 Å². The zero-order chi connectivity index (χ0) is 17.4. The van der Waals surface area contributed by atoms with E-state index in [0.29, 0.717) is 19.3 Å². The number of hydrogen-bond acceptors (Lipinski definition) is 4. The van der Waals surface area contributed by atoms with Crippen molar-refractivity contribution in [3.05, 3.63) is 46.9 Å². The summed E-state index contributed by atoms with van der Waals surface area (Å²) < 4.78 is 4.84. The number of hydrogen-bond donors (Lipinski definition) is 2. The minimum atomic E-state index is -0.888. The quantitative estimate of drug-likeness (QED) is 0.658. The number of rotatable bonds is 4. The van der Waals surface area contributed by atoms with Crippen molar-refractivity contribution in [2.24, 2.45) is 0 Å². The van der Waals surface area contributed by atoms with Gasteiger partial charge in [-0.2, -0.15) is 0 Å². The largest absolute Gasteiger partial charge is 0.505 e. The number of ether oxygens (including phenoxy) is 1. The highest BCUT2D eigenvalue weighted by molar-refractivity contribution is 5.88. The Morgan fingerprint density at radius 2 is 1.92 bits per heavy atom.